The Morgan fingerprint density at radius 2 is 0.711 bits per heavy atom. The average molecular weight is 667 g/mol. The van der Waals surface area contributed by atoms with Crippen molar-refractivity contribution in [1.29, 1.82) is 0 Å². The molecule has 45 heavy (non-hydrogen) atoms. The number of fused-ring (bicyclic) bond motifs is 20. The molecule has 0 spiro atoms. The molecule has 9 N–H and O–H groups in total. The monoisotopic (exact) mass is 666 g/mol. The summed E-state index contributed by atoms with van der Waals surface area (Å²) in [5, 5.41) is 43.2. The zero-order valence-corrected chi connectivity index (χ0v) is 27.9. The van der Waals surface area contributed by atoms with Crippen LogP contribution in [0.1, 0.15) is 103 Å². The first kappa shape index (κ1) is 31.9. The maximum Gasteiger partial charge on any atom is 0.303 e. The fourth-order valence-electron chi connectivity index (χ4n) is 12.7. The zero-order chi connectivity index (χ0) is 29.4. The van der Waals surface area contributed by atoms with Crippen molar-refractivity contribution in [3.8, 4) is 0 Å². The maximum absolute atomic E-state index is 12.1. The van der Waals surface area contributed by atoms with E-state index in [-0.39, 0.29) is 54.1 Å². The molecule has 0 radical (unpaired) electrons. The summed E-state index contributed by atoms with van der Waals surface area (Å²) in [6, 6.07) is 0. The van der Waals surface area contributed by atoms with Gasteiger partial charge in [-0.1, -0.05) is 44.9 Å². The van der Waals surface area contributed by atoms with Crippen LogP contribution in [0.3, 0.4) is 0 Å². The second kappa shape index (κ2) is 13.2. The number of hydrogen-bond donors (Lipinski definition) is 9. The molecule has 11 heteroatoms. The molecule has 17 atom stereocenters. The molecule has 8 bridgehead atoms. The molecule has 9 rings (SSSR count). The normalized spacial score (nSPS) is 53.8. The summed E-state index contributed by atoms with van der Waals surface area (Å²) in [4.78, 5) is 12.1. The molecule has 5 saturated heterocycles. The number of nitrogens with one attached hydrogen (secondary N) is 8. The van der Waals surface area contributed by atoms with Crippen molar-refractivity contribution in [2.45, 2.75) is 152 Å². The van der Waals surface area contributed by atoms with Crippen LogP contribution in [0.15, 0.2) is 0 Å². The fourth-order valence-corrected chi connectivity index (χ4v) is 12.7. The second-order valence-electron chi connectivity index (χ2n) is 16.5. The van der Waals surface area contributed by atoms with Crippen molar-refractivity contribution >= 4 is 5.97 Å². The number of carbonyl (C=O) groups is 1. The first-order chi connectivity index (χ1) is 21.6. The Balaban J connectivity index is 0.00000300. The van der Waals surface area contributed by atoms with Gasteiger partial charge < -0.3 is 5.11 Å². The summed E-state index contributed by atoms with van der Waals surface area (Å²) in [6.45, 7) is 0. The van der Waals surface area contributed by atoms with Gasteiger partial charge in [-0.25, -0.2) is 0 Å². The second-order valence-corrected chi connectivity index (χ2v) is 16.5. The molecule has 4 aliphatic carbocycles. The SMILES string of the molecule is O=C(O)CC1CCCC2C3NC4NC(NC5NC(NC6NC(NC(N3)C12)C1CCCCC61)C1CCCCC51)C1CCCCC41.[Fe]. The van der Waals surface area contributed by atoms with Gasteiger partial charge in [0.05, 0.1) is 49.3 Å². The molecule has 0 amide bonds. The van der Waals surface area contributed by atoms with Crippen molar-refractivity contribution < 1.29 is 27.0 Å². The van der Waals surface area contributed by atoms with E-state index in [4.69, 9.17) is 0 Å². The molecule has 0 aromatic carbocycles. The van der Waals surface area contributed by atoms with Crippen LogP contribution in [0.2, 0.25) is 0 Å². The van der Waals surface area contributed by atoms with Gasteiger partial charge in [0, 0.05) is 23.5 Å². The summed E-state index contributed by atoms with van der Waals surface area (Å²) in [5.74, 6) is 4.30. The van der Waals surface area contributed by atoms with Crippen molar-refractivity contribution in [3.63, 3.8) is 0 Å². The van der Waals surface area contributed by atoms with Gasteiger partial charge in [-0.05, 0) is 105 Å². The fraction of sp³-hybridized carbons (Fsp3) is 0.971. The summed E-state index contributed by atoms with van der Waals surface area (Å²) in [5.41, 5.74) is 0. The van der Waals surface area contributed by atoms with Crippen LogP contribution in [0.4, 0.5) is 0 Å². The number of hydrogen-bond acceptors (Lipinski definition) is 9. The molecular weight excluding hydrogens is 608 g/mol. The molecule has 254 valence electrons. The largest absolute Gasteiger partial charge is 0.481 e. The first-order valence-electron chi connectivity index (χ1n) is 18.9. The van der Waals surface area contributed by atoms with E-state index in [1.165, 1.54) is 83.5 Å². The molecule has 9 aliphatic rings. The van der Waals surface area contributed by atoms with E-state index >= 15 is 0 Å². The van der Waals surface area contributed by atoms with E-state index in [0.717, 1.165) is 12.8 Å². The average Bonchev–Trinajstić information content (AvgIpc) is 3.77. The number of carboxylic acid groups (broad SMARTS) is 1. The molecule has 5 heterocycles. The van der Waals surface area contributed by atoms with Gasteiger partial charge in [0.2, 0.25) is 0 Å². The molecule has 0 aromatic rings. The van der Waals surface area contributed by atoms with Crippen LogP contribution in [0, 0.1) is 53.3 Å². The first-order valence-corrected chi connectivity index (χ1v) is 18.9. The minimum Gasteiger partial charge on any atom is -0.481 e. The van der Waals surface area contributed by atoms with Crippen LogP contribution in [-0.4, -0.2) is 60.4 Å². The molecule has 9 fully saturated rings. The van der Waals surface area contributed by atoms with Gasteiger partial charge in [0.1, 0.15) is 0 Å². The standard InChI is InChI=1S/C34H58N8O2.Fe/c43-25(44)16-17-8-7-15-24-26(17)34-41-32-23-14-6-5-13-22(23)30(39-32)37-28-19-10-2-1-9-18(19)27(35-28)36-29-20-11-3-4-12-21(20)31(38-29)40-33(24)42-34;/h17-24,26-42H,1-16H2,(H,43,44);. The Kier molecular flexibility index (Phi) is 9.35. The van der Waals surface area contributed by atoms with E-state index in [2.05, 4.69) is 42.5 Å². The minimum absolute atomic E-state index is 0. The molecular formula is C34H58FeN8O2. The van der Waals surface area contributed by atoms with Crippen LogP contribution >= 0.6 is 0 Å². The summed E-state index contributed by atoms with van der Waals surface area (Å²) < 4.78 is 0. The molecule has 17 unspecified atom stereocenters. The van der Waals surface area contributed by atoms with Gasteiger partial charge in [-0.2, -0.15) is 0 Å². The third-order valence-corrected chi connectivity index (χ3v) is 14.5. The predicted octanol–water partition coefficient (Wildman–Crippen LogP) is 2.30. The topological polar surface area (TPSA) is 134 Å². The predicted molar refractivity (Wildman–Crippen MR) is 168 cm³/mol. The maximum atomic E-state index is 12.1. The van der Waals surface area contributed by atoms with Crippen molar-refractivity contribution in [1.82, 2.24) is 42.5 Å². The number of rotatable bonds is 2. The van der Waals surface area contributed by atoms with E-state index < -0.39 is 5.97 Å². The van der Waals surface area contributed by atoms with E-state index in [1.807, 2.05) is 0 Å². The third-order valence-electron chi connectivity index (χ3n) is 14.5. The Morgan fingerprint density at radius 1 is 0.422 bits per heavy atom. The molecule has 4 saturated carbocycles. The summed E-state index contributed by atoms with van der Waals surface area (Å²) >= 11 is 0. The van der Waals surface area contributed by atoms with E-state index in [9.17, 15) is 9.90 Å². The third kappa shape index (κ3) is 5.77. The van der Waals surface area contributed by atoms with E-state index in [1.54, 1.807) is 0 Å². The smallest absolute Gasteiger partial charge is 0.303 e. The van der Waals surface area contributed by atoms with Gasteiger partial charge in [-0.15, -0.1) is 0 Å². The van der Waals surface area contributed by atoms with Crippen molar-refractivity contribution in [2.24, 2.45) is 53.3 Å². The minimum atomic E-state index is -0.639. The quantitative estimate of drug-likeness (QED) is 0.202. The zero-order valence-electron chi connectivity index (χ0n) is 26.8. The van der Waals surface area contributed by atoms with Crippen molar-refractivity contribution in [2.75, 3.05) is 0 Å². The molecule has 10 nitrogen and oxygen atoms in total. The van der Waals surface area contributed by atoms with Gasteiger partial charge in [-0.3, -0.25) is 47.3 Å². The van der Waals surface area contributed by atoms with Crippen LogP contribution < -0.4 is 42.5 Å². The molecule has 0 aromatic heterocycles. The Morgan fingerprint density at radius 3 is 1.04 bits per heavy atom. The number of carboxylic acids is 1. The Labute approximate surface area is 280 Å². The van der Waals surface area contributed by atoms with Gasteiger partial charge >= 0.3 is 5.97 Å². The summed E-state index contributed by atoms with van der Waals surface area (Å²) in [6.07, 6.45) is 21.7. The molecule has 5 aliphatic heterocycles. The van der Waals surface area contributed by atoms with Gasteiger partial charge in [0.15, 0.2) is 0 Å². The van der Waals surface area contributed by atoms with Crippen LogP contribution in [-0.2, 0) is 21.9 Å². The Hall–Kier alpha value is -0.331. The number of aliphatic carboxylic acids is 1. The van der Waals surface area contributed by atoms with Crippen LogP contribution in [0.25, 0.3) is 0 Å². The summed E-state index contributed by atoms with van der Waals surface area (Å²) in [7, 11) is 0. The van der Waals surface area contributed by atoms with Crippen molar-refractivity contribution in [3.05, 3.63) is 0 Å². The van der Waals surface area contributed by atoms with E-state index in [0.29, 0.717) is 72.0 Å². The van der Waals surface area contributed by atoms with Gasteiger partial charge in [0.25, 0.3) is 0 Å². The Bertz CT molecular complexity index is 1070. The van der Waals surface area contributed by atoms with Crippen LogP contribution in [0.5, 0.6) is 0 Å².